The maximum absolute atomic E-state index is 4.51. The largest absolute Gasteiger partial charge is 0.264 e. The molecule has 0 atom stereocenters. The van der Waals surface area contributed by atoms with Crippen LogP contribution in [0.25, 0.3) is 33.3 Å². The minimum atomic E-state index is 0.916. The first-order valence-electron chi connectivity index (χ1n) is 7.12. The fourth-order valence-electron chi connectivity index (χ4n) is 2.51. The van der Waals surface area contributed by atoms with Gasteiger partial charge >= 0.3 is 0 Å². The van der Waals surface area contributed by atoms with E-state index >= 15 is 0 Å². The highest BCUT2D eigenvalue weighted by Gasteiger charge is 2.04. The minimum absolute atomic E-state index is 0.916. The molecule has 22 heavy (non-hydrogen) atoms. The number of nitrogens with zero attached hydrogens (tertiary/aromatic N) is 3. The van der Waals surface area contributed by atoms with Gasteiger partial charge in [-0.15, -0.1) is 0 Å². The van der Waals surface area contributed by atoms with Crippen LogP contribution in [-0.4, -0.2) is 15.0 Å². The molecule has 0 radical (unpaired) electrons. The third kappa shape index (κ3) is 2.33. The molecule has 0 saturated heterocycles. The molecular weight excluding hydrogens is 270 g/mol. The van der Waals surface area contributed by atoms with Crippen LogP contribution in [0.15, 0.2) is 79.4 Å². The van der Waals surface area contributed by atoms with Gasteiger partial charge in [0, 0.05) is 41.3 Å². The highest BCUT2D eigenvalue weighted by molar-refractivity contribution is 5.83. The summed E-state index contributed by atoms with van der Waals surface area (Å²) in [5.41, 5.74) is 5.12. The number of para-hydroxylation sites is 1. The Labute approximate surface area is 128 Å². The summed E-state index contributed by atoms with van der Waals surface area (Å²) in [5, 5.41) is 1.12. The summed E-state index contributed by atoms with van der Waals surface area (Å²) in [6, 6.07) is 18.3. The first kappa shape index (κ1) is 12.7. The summed E-state index contributed by atoms with van der Waals surface area (Å²) in [7, 11) is 0. The lowest BCUT2D eigenvalue weighted by atomic mass is 10.0. The fraction of sp³-hybridized carbons (Fsp3) is 0. The number of hydrogen-bond donors (Lipinski definition) is 0. The third-order valence-electron chi connectivity index (χ3n) is 3.64. The Morgan fingerprint density at radius 1 is 0.636 bits per heavy atom. The number of pyridine rings is 3. The van der Waals surface area contributed by atoms with Gasteiger partial charge in [-0.25, -0.2) is 0 Å². The Morgan fingerprint density at radius 3 is 2.50 bits per heavy atom. The molecule has 3 nitrogen and oxygen atoms in total. The average molecular weight is 283 g/mol. The maximum atomic E-state index is 4.51. The van der Waals surface area contributed by atoms with Crippen molar-refractivity contribution >= 4 is 10.9 Å². The van der Waals surface area contributed by atoms with Crippen molar-refractivity contribution in [3.05, 3.63) is 79.4 Å². The van der Waals surface area contributed by atoms with Crippen LogP contribution in [0.3, 0.4) is 0 Å². The second-order valence-corrected chi connectivity index (χ2v) is 5.09. The lowest BCUT2D eigenvalue weighted by Crippen LogP contribution is -1.88. The van der Waals surface area contributed by atoms with Gasteiger partial charge in [0.25, 0.3) is 0 Å². The van der Waals surface area contributed by atoms with Crippen molar-refractivity contribution in [2.24, 2.45) is 0 Å². The summed E-state index contributed by atoms with van der Waals surface area (Å²) in [4.78, 5) is 13.2. The Kier molecular flexibility index (Phi) is 3.09. The molecule has 0 N–H and O–H groups in total. The van der Waals surface area contributed by atoms with E-state index in [1.807, 2.05) is 55.0 Å². The van der Waals surface area contributed by atoms with Crippen molar-refractivity contribution in [1.82, 2.24) is 15.0 Å². The predicted molar refractivity (Wildman–Crippen MR) is 88.2 cm³/mol. The van der Waals surface area contributed by atoms with E-state index in [1.165, 1.54) is 0 Å². The van der Waals surface area contributed by atoms with E-state index in [0.717, 1.165) is 33.3 Å². The molecule has 0 amide bonds. The monoisotopic (exact) mass is 283 g/mol. The first-order chi connectivity index (χ1) is 10.9. The van der Waals surface area contributed by atoms with E-state index in [-0.39, 0.29) is 0 Å². The van der Waals surface area contributed by atoms with E-state index in [4.69, 9.17) is 0 Å². The Balaban J connectivity index is 1.81. The summed E-state index contributed by atoms with van der Waals surface area (Å²) in [5.74, 6) is 0. The molecule has 4 rings (SSSR count). The van der Waals surface area contributed by atoms with Crippen LogP contribution in [0.5, 0.6) is 0 Å². The second-order valence-electron chi connectivity index (χ2n) is 5.09. The summed E-state index contributed by atoms with van der Waals surface area (Å²) >= 11 is 0. The van der Waals surface area contributed by atoms with Gasteiger partial charge in [0.15, 0.2) is 0 Å². The molecule has 0 bridgehead atoms. The van der Waals surface area contributed by atoms with Crippen LogP contribution in [0, 0.1) is 0 Å². The smallest absolute Gasteiger partial charge is 0.0723 e. The Morgan fingerprint density at radius 2 is 1.59 bits per heavy atom. The first-order valence-corrected chi connectivity index (χ1v) is 7.12. The van der Waals surface area contributed by atoms with Gasteiger partial charge in [0.05, 0.1) is 11.2 Å². The van der Waals surface area contributed by atoms with E-state index in [9.17, 15) is 0 Å². The lowest BCUT2D eigenvalue weighted by molar-refractivity contribution is 1.29. The maximum Gasteiger partial charge on any atom is 0.0723 e. The molecule has 104 valence electrons. The molecule has 4 aromatic rings. The van der Waals surface area contributed by atoms with Crippen molar-refractivity contribution in [3.8, 4) is 22.4 Å². The van der Waals surface area contributed by atoms with Gasteiger partial charge in [0.1, 0.15) is 0 Å². The number of hydrogen-bond acceptors (Lipinski definition) is 3. The third-order valence-corrected chi connectivity index (χ3v) is 3.64. The van der Waals surface area contributed by atoms with Crippen LogP contribution in [-0.2, 0) is 0 Å². The van der Waals surface area contributed by atoms with Gasteiger partial charge in [-0.3, -0.25) is 15.0 Å². The highest BCUT2D eigenvalue weighted by Crippen LogP contribution is 2.25. The molecule has 0 unspecified atom stereocenters. The zero-order valence-corrected chi connectivity index (χ0v) is 11.8. The van der Waals surface area contributed by atoms with Gasteiger partial charge in [-0.2, -0.15) is 0 Å². The predicted octanol–water partition coefficient (Wildman–Crippen LogP) is 4.36. The zero-order valence-electron chi connectivity index (χ0n) is 11.8. The van der Waals surface area contributed by atoms with Crippen LogP contribution in [0.1, 0.15) is 0 Å². The SMILES string of the molecule is c1cncc(-c2ccnc(-c3cnc4ccccc4c3)c2)c1. The molecule has 3 heterocycles. The molecule has 0 aliphatic heterocycles. The lowest BCUT2D eigenvalue weighted by Gasteiger charge is -2.06. The number of rotatable bonds is 2. The van der Waals surface area contributed by atoms with Gasteiger partial charge in [-0.1, -0.05) is 24.3 Å². The number of aromatic nitrogens is 3. The minimum Gasteiger partial charge on any atom is -0.264 e. The van der Waals surface area contributed by atoms with E-state index in [1.54, 1.807) is 6.20 Å². The molecule has 0 saturated carbocycles. The van der Waals surface area contributed by atoms with E-state index in [2.05, 4.69) is 33.2 Å². The number of fused-ring (bicyclic) bond motifs is 1. The van der Waals surface area contributed by atoms with Crippen molar-refractivity contribution < 1.29 is 0 Å². The van der Waals surface area contributed by atoms with Gasteiger partial charge in [-0.05, 0) is 35.9 Å². The standard InChI is InChI=1S/C19H13N3/c1-2-6-18-15(4-1)10-17(13-22-18)19-11-14(7-9-21-19)16-5-3-8-20-12-16/h1-13H. The quantitative estimate of drug-likeness (QED) is 0.548. The highest BCUT2D eigenvalue weighted by atomic mass is 14.7. The van der Waals surface area contributed by atoms with Crippen LogP contribution in [0.4, 0.5) is 0 Å². The topological polar surface area (TPSA) is 38.7 Å². The molecule has 0 fully saturated rings. The molecular formula is C19H13N3. The average Bonchev–Trinajstić information content (AvgIpc) is 2.62. The number of benzene rings is 1. The molecule has 0 aliphatic rings. The van der Waals surface area contributed by atoms with Crippen molar-refractivity contribution in [3.63, 3.8) is 0 Å². The Hall–Kier alpha value is -3.07. The summed E-state index contributed by atoms with van der Waals surface area (Å²) in [6.07, 6.45) is 7.33. The van der Waals surface area contributed by atoms with E-state index in [0.29, 0.717) is 0 Å². The molecule has 1 aromatic carbocycles. The second kappa shape index (κ2) is 5.37. The molecule has 0 spiro atoms. The Bertz CT molecular complexity index is 933. The van der Waals surface area contributed by atoms with Crippen LogP contribution >= 0.6 is 0 Å². The molecule has 0 aliphatic carbocycles. The van der Waals surface area contributed by atoms with Gasteiger partial charge < -0.3 is 0 Å². The normalized spacial score (nSPS) is 10.7. The van der Waals surface area contributed by atoms with Crippen LogP contribution in [0.2, 0.25) is 0 Å². The van der Waals surface area contributed by atoms with Crippen molar-refractivity contribution in [2.45, 2.75) is 0 Å². The van der Waals surface area contributed by atoms with Crippen molar-refractivity contribution in [2.75, 3.05) is 0 Å². The summed E-state index contributed by atoms with van der Waals surface area (Å²) < 4.78 is 0. The summed E-state index contributed by atoms with van der Waals surface area (Å²) in [6.45, 7) is 0. The van der Waals surface area contributed by atoms with Crippen LogP contribution < -0.4 is 0 Å². The molecule has 3 heteroatoms. The van der Waals surface area contributed by atoms with Crippen molar-refractivity contribution in [1.29, 1.82) is 0 Å². The molecule has 3 aromatic heterocycles. The van der Waals surface area contributed by atoms with Gasteiger partial charge in [0.2, 0.25) is 0 Å². The fourth-order valence-corrected chi connectivity index (χ4v) is 2.51. The zero-order chi connectivity index (χ0) is 14.8. The van der Waals surface area contributed by atoms with E-state index < -0.39 is 0 Å².